The fraction of sp³-hybridized carbons (Fsp3) is 0.0769. The van der Waals surface area contributed by atoms with Crippen LogP contribution in [-0.4, -0.2) is 20.6 Å². The Morgan fingerprint density at radius 1 is 1.32 bits per heavy atom. The van der Waals surface area contributed by atoms with E-state index < -0.39 is 0 Å². The van der Waals surface area contributed by atoms with Crippen LogP contribution in [0.3, 0.4) is 0 Å². The molecule has 0 unspecified atom stereocenters. The van der Waals surface area contributed by atoms with Crippen molar-refractivity contribution in [3.63, 3.8) is 0 Å². The van der Waals surface area contributed by atoms with E-state index in [0.29, 0.717) is 16.1 Å². The van der Waals surface area contributed by atoms with E-state index in [9.17, 15) is 0 Å². The van der Waals surface area contributed by atoms with Crippen LogP contribution in [0, 0.1) is 0 Å². The molecular weight excluding hydrogens is 326 g/mol. The minimum absolute atomic E-state index is 0.487. The lowest BCUT2D eigenvalue weighted by Crippen LogP contribution is -1.95. The summed E-state index contributed by atoms with van der Waals surface area (Å²) in [7, 11) is 0. The predicted molar refractivity (Wildman–Crippen MR) is 79.0 cm³/mol. The smallest absolute Gasteiger partial charge is 0.265 e. The molecule has 0 amide bonds. The van der Waals surface area contributed by atoms with E-state index in [2.05, 4.69) is 25.9 Å². The summed E-state index contributed by atoms with van der Waals surface area (Å²) in [6, 6.07) is 7.86. The molecule has 2 heterocycles. The summed E-state index contributed by atoms with van der Waals surface area (Å²) in [6.45, 7) is 0. The van der Waals surface area contributed by atoms with Crippen LogP contribution in [-0.2, 0) is 0 Å². The first-order valence-corrected chi connectivity index (χ1v) is 7.60. The summed E-state index contributed by atoms with van der Waals surface area (Å²) in [5.41, 5.74) is 0.694. The van der Waals surface area contributed by atoms with Crippen molar-refractivity contribution in [1.82, 2.24) is 14.4 Å². The van der Waals surface area contributed by atoms with Crippen LogP contribution in [0.1, 0.15) is 0 Å². The molecule has 0 bridgehead atoms. The van der Waals surface area contributed by atoms with Gasteiger partial charge in [0.2, 0.25) is 5.65 Å². The second-order valence-corrected chi connectivity index (χ2v) is 5.44. The van der Waals surface area contributed by atoms with Gasteiger partial charge in [-0.3, -0.25) is 4.40 Å². The van der Waals surface area contributed by atoms with Crippen LogP contribution in [0.5, 0.6) is 11.6 Å². The van der Waals surface area contributed by atoms with Gasteiger partial charge in [0.25, 0.3) is 5.88 Å². The summed E-state index contributed by atoms with van der Waals surface area (Å²) in [5.74, 6) is 1.27. The first kappa shape index (κ1) is 12.5. The quantitative estimate of drug-likeness (QED) is 0.678. The zero-order valence-corrected chi connectivity index (χ0v) is 12.5. The third kappa shape index (κ3) is 2.46. The summed E-state index contributed by atoms with van der Waals surface area (Å²) in [6.07, 6.45) is 7.43. The molecular formula is C13H10BrN3OS. The van der Waals surface area contributed by atoms with Gasteiger partial charge < -0.3 is 4.74 Å². The van der Waals surface area contributed by atoms with E-state index in [4.69, 9.17) is 4.74 Å². The van der Waals surface area contributed by atoms with Gasteiger partial charge in [0.05, 0.1) is 0 Å². The molecule has 6 heteroatoms. The predicted octanol–water partition coefficient (Wildman–Crippen LogP) is 4.01. The number of hydrogen-bond donors (Lipinski definition) is 0. The fourth-order valence-corrected chi connectivity index (χ4v) is 2.66. The number of benzene rings is 1. The maximum atomic E-state index is 5.91. The van der Waals surface area contributed by atoms with Crippen molar-refractivity contribution >= 4 is 33.3 Å². The van der Waals surface area contributed by atoms with Crippen LogP contribution in [0.25, 0.3) is 5.65 Å². The second kappa shape index (κ2) is 5.22. The molecule has 0 fully saturated rings. The zero-order valence-electron chi connectivity index (χ0n) is 10.1. The van der Waals surface area contributed by atoms with E-state index in [1.54, 1.807) is 18.0 Å². The van der Waals surface area contributed by atoms with E-state index in [1.165, 1.54) is 0 Å². The number of thioether (sulfide) groups is 1. The van der Waals surface area contributed by atoms with Gasteiger partial charge in [-0.1, -0.05) is 12.1 Å². The Labute approximate surface area is 123 Å². The highest BCUT2D eigenvalue weighted by molar-refractivity contribution is 9.10. The maximum absolute atomic E-state index is 5.91. The first-order valence-electron chi connectivity index (χ1n) is 5.58. The minimum Gasteiger partial charge on any atom is -0.435 e. The molecule has 4 nitrogen and oxygen atoms in total. The Kier molecular flexibility index (Phi) is 3.44. The van der Waals surface area contributed by atoms with Gasteiger partial charge in [-0.25, -0.2) is 9.97 Å². The van der Waals surface area contributed by atoms with Crippen molar-refractivity contribution < 1.29 is 4.74 Å². The Bertz CT molecular complexity index is 729. The first-order chi connectivity index (χ1) is 9.28. The van der Waals surface area contributed by atoms with E-state index in [1.807, 2.05) is 47.3 Å². The lowest BCUT2D eigenvalue weighted by Gasteiger charge is -2.09. The second-order valence-electron chi connectivity index (χ2n) is 3.78. The number of rotatable bonds is 3. The van der Waals surface area contributed by atoms with E-state index >= 15 is 0 Å². The van der Waals surface area contributed by atoms with Crippen molar-refractivity contribution in [3.8, 4) is 11.6 Å². The summed E-state index contributed by atoms with van der Waals surface area (Å²) in [4.78, 5) is 9.67. The van der Waals surface area contributed by atoms with Gasteiger partial charge in [0.15, 0.2) is 0 Å². The van der Waals surface area contributed by atoms with Crippen LogP contribution >= 0.6 is 27.7 Å². The average Bonchev–Trinajstić information content (AvgIpc) is 2.87. The van der Waals surface area contributed by atoms with Crippen molar-refractivity contribution in [2.45, 2.75) is 4.90 Å². The fourth-order valence-electron chi connectivity index (χ4n) is 1.75. The summed E-state index contributed by atoms with van der Waals surface area (Å²) in [5, 5.41) is 0. The molecule has 3 rings (SSSR count). The van der Waals surface area contributed by atoms with Gasteiger partial charge in [-0.05, 0) is 34.3 Å². The molecule has 0 spiro atoms. The Morgan fingerprint density at radius 3 is 3.00 bits per heavy atom. The topological polar surface area (TPSA) is 39.4 Å². The van der Waals surface area contributed by atoms with Crippen LogP contribution < -0.4 is 4.74 Å². The average molecular weight is 336 g/mol. The highest BCUT2D eigenvalue weighted by Gasteiger charge is 2.10. The summed E-state index contributed by atoms with van der Waals surface area (Å²) >= 11 is 5.01. The molecule has 0 radical (unpaired) electrons. The van der Waals surface area contributed by atoms with Crippen molar-refractivity contribution in [2.75, 3.05) is 6.26 Å². The number of imidazole rings is 1. The molecule has 0 aliphatic rings. The standard InChI is InChI=1S/C13H10BrN3OS/c1-19-10-5-3-2-4-9(10)18-13-12-15-6-7-17(12)8-11(14)16-13/h2-8H,1H3. The minimum atomic E-state index is 0.487. The normalized spacial score (nSPS) is 10.8. The van der Waals surface area contributed by atoms with E-state index in [-0.39, 0.29) is 0 Å². The van der Waals surface area contributed by atoms with Gasteiger partial charge in [-0.15, -0.1) is 11.8 Å². The molecule has 2 aromatic heterocycles. The monoisotopic (exact) mass is 335 g/mol. The van der Waals surface area contributed by atoms with E-state index in [0.717, 1.165) is 10.6 Å². The molecule has 0 aliphatic carbocycles. The molecule has 1 aromatic carbocycles. The lowest BCUT2D eigenvalue weighted by atomic mass is 10.3. The molecule has 0 saturated carbocycles. The molecule has 0 saturated heterocycles. The van der Waals surface area contributed by atoms with Crippen molar-refractivity contribution in [3.05, 3.63) is 47.5 Å². The number of aromatic nitrogens is 3. The van der Waals surface area contributed by atoms with Gasteiger partial charge >= 0.3 is 0 Å². The maximum Gasteiger partial charge on any atom is 0.265 e. The number of para-hydroxylation sites is 1. The highest BCUT2D eigenvalue weighted by atomic mass is 79.9. The van der Waals surface area contributed by atoms with Gasteiger partial charge in [0, 0.05) is 23.5 Å². The number of fused-ring (bicyclic) bond motifs is 1. The number of hydrogen-bond acceptors (Lipinski definition) is 4. The Morgan fingerprint density at radius 2 is 2.16 bits per heavy atom. The Hall–Kier alpha value is -1.53. The SMILES string of the molecule is CSc1ccccc1Oc1nc(Br)cn2ccnc12. The molecule has 96 valence electrons. The van der Waals surface area contributed by atoms with Gasteiger partial charge in [0.1, 0.15) is 10.4 Å². The molecule has 19 heavy (non-hydrogen) atoms. The van der Waals surface area contributed by atoms with Crippen LogP contribution in [0.4, 0.5) is 0 Å². The third-order valence-electron chi connectivity index (χ3n) is 2.59. The number of halogens is 1. The lowest BCUT2D eigenvalue weighted by molar-refractivity contribution is 0.453. The molecule has 0 atom stereocenters. The largest absolute Gasteiger partial charge is 0.435 e. The highest BCUT2D eigenvalue weighted by Crippen LogP contribution is 2.32. The van der Waals surface area contributed by atoms with Crippen LogP contribution in [0.15, 0.2) is 52.4 Å². The Balaban J connectivity index is 2.07. The van der Waals surface area contributed by atoms with Crippen LogP contribution in [0.2, 0.25) is 0 Å². The van der Waals surface area contributed by atoms with Crippen molar-refractivity contribution in [2.24, 2.45) is 0 Å². The van der Waals surface area contributed by atoms with Gasteiger partial charge in [-0.2, -0.15) is 0 Å². The molecule has 0 N–H and O–H groups in total. The zero-order chi connectivity index (χ0) is 13.2. The molecule has 0 aliphatic heterocycles. The molecule has 3 aromatic rings. The third-order valence-corrected chi connectivity index (χ3v) is 3.75. The van der Waals surface area contributed by atoms with Crippen molar-refractivity contribution in [1.29, 1.82) is 0 Å². The number of nitrogens with zero attached hydrogens (tertiary/aromatic N) is 3. The number of ether oxygens (including phenoxy) is 1. The summed E-state index contributed by atoms with van der Waals surface area (Å²) < 4.78 is 8.48.